The second-order valence-corrected chi connectivity index (χ2v) is 22.3. The Balaban J connectivity index is 0.000000194. The van der Waals surface area contributed by atoms with E-state index in [2.05, 4.69) is 47.6 Å². The van der Waals surface area contributed by atoms with E-state index in [4.69, 9.17) is 0 Å². The summed E-state index contributed by atoms with van der Waals surface area (Å²) in [6.07, 6.45) is 11.7. The molecule has 2 aromatic carbocycles. The van der Waals surface area contributed by atoms with Gasteiger partial charge in [-0.3, -0.25) is 8.80 Å². The van der Waals surface area contributed by atoms with Crippen LogP contribution < -0.4 is 16.4 Å². The van der Waals surface area contributed by atoms with Gasteiger partial charge in [-0.15, -0.1) is 12.4 Å². The molecule has 2 amide bonds. The molecule has 73 heavy (non-hydrogen) atoms. The van der Waals surface area contributed by atoms with Crippen LogP contribution in [0.4, 0.5) is 22.4 Å². The summed E-state index contributed by atoms with van der Waals surface area (Å²) in [6, 6.07) is 16.5. The Morgan fingerprint density at radius 1 is 0.671 bits per heavy atom. The standard InChI is InChI=1S/C25H28F2N6O3S.C21H23N5O2S.C3H7F2N.ClH/c1-4-17-13-31(24(34)30-15-25(3,26)27)14-19(17)21-11-28-22-12-29-23-20(33(21)22)9-10-32(23)37(35,36)18-7-5-16(2)6-8-18;1-3-15-10-22-11-17(15)19-12-23-20-13-24-21-18(26(19)20)8-9-25(21)29(27,28)16-6-4-14(2)5-7-16;1-3(4,5)2-6;/h5-12,17,19H,4,13-15H2,1-3H3,(H,30,34);4-9,12-13,15,17,22H,3,10-11H2,1-2H3;2,6H2,1H3;1H/t17-,19+;15-,17+;;/m11../s1. The van der Waals surface area contributed by atoms with E-state index in [-0.39, 0.29) is 39.7 Å². The molecule has 6 aromatic heterocycles. The Bertz CT molecular complexity index is 3460. The lowest BCUT2D eigenvalue weighted by molar-refractivity contribution is 0.0241. The maximum absolute atomic E-state index is 13.4. The Labute approximate surface area is 426 Å². The van der Waals surface area contributed by atoms with Gasteiger partial charge in [-0.2, -0.15) is 0 Å². The SMILES string of the molecule is CC(F)(F)CN.CC[C@@H]1CN(C(=O)NCC(C)(F)F)C[C@@H]1c1cnc2cnc3c(ccn3S(=O)(=O)c3ccc(C)cc3)n12.CC[C@@H]1CNC[C@@H]1c1cnc2cnc3c(ccn3S(=O)(=O)c3ccc(C)cc3)n12.Cl. The first-order chi connectivity index (χ1) is 34.1. The fourth-order valence-corrected chi connectivity index (χ4v) is 11.9. The molecule has 0 spiro atoms. The molecule has 17 nitrogen and oxygen atoms in total. The number of halogens is 5. The van der Waals surface area contributed by atoms with Crippen LogP contribution in [0.3, 0.4) is 0 Å². The first-order valence-electron chi connectivity index (χ1n) is 23.6. The summed E-state index contributed by atoms with van der Waals surface area (Å²) in [7, 11) is -7.61. The largest absolute Gasteiger partial charge is 0.332 e. The van der Waals surface area contributed by atoms with Gasteiger partial charge in [-0.05, 0) is 68.6 Å². The van der Waals surface area contributed by atoms with Gasteiger partial charge in [0.2, 0.25) is 0 Å². The van der Waals surface area contributed by atoms with Gasteiger partial charge in [0, 0.05) is 81.5 Å². The highest BCUT2D eigenvalue weighted by Gasteiger charge is 2.38. The molecule has 0 radical (unpaired) electrons. The van der Waals surface area contributed by atoms with E-state index < -0.39 is 51.0 Å². The third-order valence-corrected chi connectivity index (χ3v) is 16.6. The van der Waals surface area contributed by atoms with Crippen LogP contribution in [0.5, 0.6) is 0 Å². The molecule has 0 saturated carbocycles. The van der Waals surface area contributed by atoms with E-state index in [1.54, 1.807) is 78.1 Å². The minimum atomic E-state index is -3.88. The summed E-state index contributed by atoms with van der Waals surface area (Å²) >= 11 is 0. The number of alkyl halides is 4. The predicted octanol–water partition coefficient (Wildman–Crippen LogP) is 7.98. The number of nitrogens with two attached hydrogens (primary N) is 1. The van der Waals surface area contributed by atoms with Gasteiger partial charge in [0.25, 0.3) is 31.9 Å². The Morgan fingerprint density at radius 3 is 1.55 bits per heavy atom. The van der Waals surface area contributed by atoms with Crippen molar-refractivity contribution >= 4 is 72.1 Å². The number of nitrogens with zero attached hydrogens (tertiary/aromatic N) is 9. The summed E-state index contributed by atoms with van der Waals surface area (Å²) in [4.78, 5) is 32.4. The van der Waals surface area contributed by atoms with Crippen LogP contribution in [0.25, 0.3) is 33.6 Å². The number of benzene rings is 2. The van der Waals surface area contributed by atoms with Crippen LogP contribution in [0.15, 0.2) is 108 Å². The molecular formula is C49H59ClF4N12O5S2. The zero-order valence-electron chi connectivity index (χ0n) is 41.1. The van der Waals surface area contributed by atoms with Gasteiger partial charge in [0.1, 0.15) is 0 Å². The van der Waals surface area contributed by atoms with Gasteiger partial charge in [0.15, 0.2) is 22.6 Å². The number of hydrogen-bond acceptors (Lipinski definition) is 11. The molecule has 2 aliphatic heterocycles. The first kappa shape index (κ1) is 54.6. The van der Waals surface area contributed by atoms with Crippen molar-refractivity contribution in [3.05, 3.63) is 120 Å². The molecule has 2 saturated heterocycles. The van der Waals surface area contributed by atoms with E-state index in [9.17, 15) is 39.2 Å². The zero-order valence-corrected chi connectivity index (χ0v) is 43.5. The Hall–Kier alpha value is -6.14. The second kappa shape index (κ2) is 21.4. The molecule has 0 unspecified atom stereocenters. The number of hydrogen-bond donors (Lipinski definition) is 3. The van der Waals surface area contributed by atoms with E-state index >= 15 is 0 Å². The van der Waals surface area contributed by atoms with E-state index in [1.165, 1.54) is 16.4 Å². The van der Waals surface area contributed by atoms with Gasteiger partial charge in [0.05, 0.1) is 46.3 Å². The molecular weight excluding hydrogens is 1010 g/mol. The van der Waals surface area contributed by atoms with E-state index in [0.717, 1.165) is 77.4 Å². The highest BCUT2D eigenvalue weighted by molar-refractivity contribution is 7.90. The molecule has 8 heterocycles. The lowest BCUT2D eigenvalue weighted by Crippen LogP contribution is -2.43. The molecule has 24 heteroatoms. The minimum Gasteiger partial charge on any atom is -0.332 e. The summed E-state index contributed by atoms with van der Waals surface area (Å²) < 4.78 is 109. The normalized spacial score (nSPS) is 18.4. The van der Waals surface area contributed by atoms with E-state index in [0.29, 0.717) is 41.7 Å². The first-order valence-corrected chi connectivity index (χ1v) is 26.4. The summed E-state index contributed by atoms with van der Waals surface area (Å²) in [5.41, 5.74) is 11.7. The number of carbonyl (C=O) groups is 1. The van der Waals surface area contributed by atoms with Crippen molar-refractivity contribution in [2.75, 3.05) is 39.3 Å². The third kappa shape index (κ3) is 11.2. The average Bonchev–Trinajstić information content (AvgIpc) is 4.21. The lowest BCUT2D eigenvalue weighted by atomic mass is 9.91. The lowest BCUT2D eigenvalue weighted by Gasteiger charge is -2.19. The van der Waals surface area contributed by atoms with Crippen LogP contribution in [-0.2, 0) is 20.0 Å². The Morgan fingerprint density at radius 2 is 1.12 bits per heavy atom. The summed E-state index contributed by atoms with van der Waals surface area (Å²) in [5, 5.41) is 5.79. The Kier molecular flexibility index (Phi) is 16.0. The highest BCUT2D eigenvalue weighted by atomic mass is 35.5. The molecule has 8 aromatic rings. The maximum Gasteiger partial charge on any atom is 0.317 e. The number of rotatable bonds is 11. The van der Waals surface area contributed by atoms with Gasteiger partial charge < -0.3 is 21.3 Å². The molecule has 10 rings (SSSR count). The maximum atomic E-state index is 13.4. The number of nitrogens with one attached hydrogen (secondary N) is 2. The van der Waals surface area contributed by atoms with Crippen LogP contribution >= 0.6 is 12.4 Å². The number of likely N-dealkylation sites (tertiary alicyclic amines) is 1. The van der Waals surface area contributed by atoms with Crippen molar-refractivity contribution in [2.45, 2.75) is 87.9 Å². The minimum absolute atomic E-state index is 0. The van der Waals surface area contributed by atoms with Crippen molar-refractivity contribution < 1.29 is 39.2 Å². The summed E-state index contributed by atoms with van der Waals surface area (Å²) in [5.74, 6) is -4.83. The zero-order chi connectivity index (χ0) is 51.9. The van der Waals surface area contributed by atoms with Crippen molar-refractivity contribution in [3.8, 4) is 0 Å². The number of amides is 2. The van der Waals surface area contributed by atoms with Crippen molar-refractivity contribution in [3.63, 3.8) is 0 Å². The molecule has 0 bridgehead atoms. The molecule has 4 atom stereocenters. The van der Waals surface area contributed by atoms with Crippen LogP contribution in [0, 0.1) is 25.7 Å². The number of aromatic nitrogens is 8. The monoisotopic (exact) mass is 1070 g/mol. The molecule has 392 valence electrons. The number of fused-ring (bicyclic) bond motifs is 6. The van der Waals surface area contributed by atoms with E-state index in [1.807, 2.05) is 37.4 Å². The molecule has 2 fully saturated rings. The number of aryl methyl sites for hydroxylation is 2. The van der Waals surface area contributed by atoms with Crippen molar-refractivity contribution in [1.82, 2.24) is 52.2 Å². The number of urea groups is 1. The second-order valence-electron chi connectivity index (χ2n) is 18.7. The van der Waals surface area contributed by atoms with Crippen LogP contribution in [0.2, 0.25) is 0 Å². The highest BCUT2D eigenvalue weighted by Crippen LogP contribution is 2.37. The van der Waals surface area contributed by atoms with Crippen LogP contribution in [0.1, 0.15) is 74.9 Å². The summed E-state index contributed by atoms with van der Waals surface area (Å²) in [6.45, 7) is 10.9. The fraction of sp³-hybridized carbons (Fsp3) is 0.408. The number of imidazole rings is 2. The molecule has 4 N–H and O–H groups in total. The van der Waals surface area contributed by atoms with Gasteiger partial charge >= 0.3 is 6.03 Å². The number of carbonyl (C=O) groups excluding carboxylic acids is 1. The third-order valence-electron chi connectivity index (χ3n) is 13.3. The predicted molar refractivity (Wildman–Crippen MR) is 273 cm³/mol. The topological polar surface area (TPSA) is 209 Å². The fourth-order valence-electron chi connectivity index (χ4n) is 9.29. The molecule has 0 aliphatic carbocycles. The molecule has 2 aliphatic rings. The average molecular weight is 1070 g/mol. The van der Waals surface area contributed by atoms with Crippen LogP contribution in [-0.4, -0.2) is 116 Å². The van der Waals surface area contributed by atoms with Crippen molar-refractivity contribution in [2.24, 2.45) is 17.6 Å². The van der Waals surface area contributed by atoms with Crippen molar-refractivity contribution in [1.29, 1.82) is 0 Å². The smallest absolute Gasteiger partial charge is 0.317 e. The quantitative estimate of drug-likeness (QED) is 0.106. The van der Waals surface area contributed by atoms with Gasteiger partial charge in [-0.25, -0.2) is 67.1 Å². The van der Waals surface area contributed by atoms with Gasteiger partial charge in [-0.1, -0.05) is 62.1 Å².